The monoisotopic (exact) mass is 723 g/mol. The molecule has 0 fully saturated rings. The number of para-hydroxylation sites is 1. The molecular formula is C53H45N3. The van der Waals surface area contributed by atoms with Gasteiger partial charge < -0.3 is 0 Å². The molecule has 6 aromatic carbocycles. The molecule has 0 amide bonds. The number of aliphatic imine (C=N–C) groups is 2. The first-order valence-corrected chi connectivity index (χ1v) is 19.7. The lowest BCUT2D eigenvalue weighted by Gasteiger charge is -2.14. The summed E-state index contributed by atoms with van der Waals surface area (Å²) in [5, 5.41) is 1.15. The Hall–Kier alpha value is -6.71. The van der Waals surface area contributed by atoms with Crippen LogP contribution in [0.2, 0.25) is 0 Å². The maximum absolute atomic E-state index is 5.26. The number of rotatable bonds is 7. The summed E-state index contributed by atoms with van der Waals surface area (Å²) in [6.45, 7) is 10.6. The summed E-state index contributed by atoms with van der Waals surface area (Å²) < 4.78 is 0. The Labute approximate surface area is 330 Å². The van der Waals surface area contributed by atoms with E-state index in [1.54, 1.807) is 0 Å². The molecule has 3 nitrogen and oxygen atoms in total. The van der Waals surface area contributed by atoms with Crippen molar-refractivity contribution < 1.29 is 0 Å². The third kappa shape index (κ3) is 7.37. The first kappa shape index (κ1) is 36.3. The van der Waals surface area contributed by atoms with Crippen LogP contribution in [0.4, 0.5) is 0 Å². The van der Waals surface area contributed by atoms with E-state index in [4.69, 9.17) is 15.0 Å². The standard InChI is InChI=1S/C51H39N3.C2H6/c1-34(36-14-5-3-6-15-36)52-51(53-35(2)41-19-11-20-42(32-41)37-16-7-4-8-17-37)46-24-12-21-43-33-47-44(22-13-23-45(47)50(43)46)38-26-28-40(29-27-38)49-31-30-39-18-9-10-25-48(39)54-49;1-2/h3,5-7,9-32H,2,4,8,33H2,1H3;1-2H3. The van der Waals surface area contributed by atoms with Gasteiger partial charge in [0.25, 0.3) is 0 Å². The molecule has 0 saturated heterocycles. The van der Waals surface area contributed by atoms with Gasteiger partial charge in [0.1, 0.15) is 0 Å². The maximum atomic E-state index is 5.26. The number of hydrogen-bond donors (Lipinski definition) is 0. The van der Waals surface area contributed by atoms with Crippen LogP contribution in [0.25, 0.3) is 55.7 Å². The van der Waals surface area contributed by atoms with Crippen LogP contribution in [0.5, 0.6) is 0 Å². The molecule has 0 bridgehead atoms. The molecule has 272 valence electrons. The molecule has 1 aromatic heterocycles. The van der Waals surface area contributed by atoms with E-state index >= 15 is 0 Å². The van der Waals surface area contributed by atoms with Gasteiger partial charge in [-0.1, -0.05) is 172 Å². The van der Waals surface area contributed by atoms with Crippen molar-refractivity contribution in [2.75, 3.05) is 0 Å². The molecule has 0 spiro atoms. The van der Waals surface area contributed by atoms with Crippen LogP contribution in [0.15, 0.2) is 186 Å². The second kappa shape index (κ2) is 16.3. The lowest BCUT2D eigenvalue weighted by Crippen LogP contribution is -2.06. The van der Waals surface area contributed by atoms with E-state index in [2.05, 4.69) is 159 Å². The predicted octanol–water partition coefficient (Wildman–Crippen LogP) is 13.8. The molecule has 2 aliphatic rings. The molecule has 0 radical (unpaired) electrons. The van der Waals surface area contributed by atoms with Crippen LogP contribution in [0.3, 0.4) is 0 Å². The number of amidine groups is 1. The fraction of sp³-hybridized carbons (Fsp3) is 0.113. The van der Waals surface area contributed by atoms with Crippen LogP contribution in [-0.4, -0.2) is 16.5 Å². The van der Waals surface area contributed by atoms with E-state index in [-0.39, 0.29) is 0 Å². The highest BCUT2D eigenvalue weighted by Crippen LogP contribution is 2.44. The zero-order valence-electron chi connectivity index (χ0n) is 32.3. The topological polar surface area (TPSA) is 37.6 Å². The normalized spacial score (nSPS) is 13.4. The molecular weight excluding hydrogens is 679 g/mol. The molecule has 9 rings (SSSR count). The average molecular weight is 724 g/mol. The third-order valence-corrected chi connectivity index (χ3v) is 10.5. The van der Waals surface area contributed by atoms with Crippen molar-refractivity contribution in [2.24, 2.45) is 9.98 Å². The van der Waals surface area contributed by atoms with Crippen molar-refractivity contribution >= 4 is 33.7 Å². The number of fused-ring (bicyclic) bond motifs is 4. The number of allylic oxidation sites excluding steroid dienone is 4. The molecule has 56 heavy (non-hydrogen) atoms. The lowest BCUT2D eigenvalue weighted by molar-refractivity contribution is 1.04. The minimum absolute atomic E-state index is 0.658. The fourth-order valence-corrected chi connectivity index (χ4v) is 7.72. The fourth-order valence-electron chi connectivity index (χ4n) is 7.72. The second-order valence-corrected chi connectivity index (χ2v) is 14.0. The van der Waals surface area contributed by atoms with Gasteiger partial charge in [-0.25, -0.2) is 15.0 Å². The zero-order valence-corrected chi connectivity index (χ0v) is 32.3. The highest BCUT2D eigenvalue weighted by Gasteiger charge is 2.26. The number of pyridine rings is 1. The van der Waals surface area contributed by atoms with E-state index in [0.717, 1.165) is 63.8 Å². The van der Waals surface area contributed by atoms with E-state index in [1.807, 2.05) is 38.1 Å². The van der Waals surface area contributed by atoms with Crippen LogP contribution < -0.4 is 0 Å². The van der Waals surface area contributed by atoms with Crippen molar-refractivity contribution in [1.29, 1.82) is 0 Å². The maximum Gasteiger partial charge on any atom is 0.160 e. The Balaban J connectivity index is 0.00000217. The smallest absolute Gasteiger partial charge is 0.160 e. The van der Waals surface area contributed by atoms with E-state index in [0.29, 0.717) is 11.5 Å². The number of benzene rings is 6. The molecule has 0 saturated carbocycles. The van der Waals surface area contributed by atoms with E-state index in [1.165, 1.54) is 44.5 Å². The Morgan fingerprint density at radius 3 is 2.18 bits per heavy atom. The number of nitrogens with zero attached hydrogens (tertiary/aromatic N) is 3. The van der Waals surface area contributed by atoms with Crippen molar-refractivity contribution in [1.82, 2.24) is 4.98 Å². The van der Waals surface area contributed by atoms with Gasteiger partial charge in [-0.2, -0.15) is 0 Å². The highest BCUT2D eigenvalue weighted by atomic mass is 14.9. The number of aromatic nitrogens is 1. The Bertz CT molecular complexity index is 2690. The molecule has 0 unspecified atom stereocenters. The van der Waals surface area contributed by atoms with Crippen LogP contribution >= 0.6 is 0 Å². The second-order valence-electron chi connectivity index (χ2n) is 14.0. The van der Waals surface area contributed by atoms with Crippen LogP contribution in [0.1, 0.15) is 67.0 Å². The van der Waals surface area contributed by atoms with Crippen molar-refractivity contribution in [3.8, 4) is 33.5 Å². The number of hydrogen-bond acceptors (Lipinski definition) is 2. The average Bonchev–Trinajstić information content (AvgIpc) is 3.67. The molecule has 0 aliphatic heterocycles. The van der Waals surface area contributed by atoms with Crippen LogP contribution in [0, 0.1) is 0 Å². The SMILES string of the molecule is C=C(N=C(N=C(C)c1ccccc1)c1cccc2c1-c1cccc(-c3ccc(-c4ccc5ccccc5n4)cc3)c1C2)c1cccc(C2=CCCC=C2)c1.CC. The van der Waals surface area contributed by atoms with Crippen molar-refractivity contribution in [3.05, 3.63) is 210 Å². The van der Waals surface area contributed by atoms with Crippen molar-refractivity contribution in [2.45, 2.75) is 40.0 Å². The molecule has 0 atom stereocenters. The van der Waals surface area contributed by atoms with Gasteiger partial charge in [0.05, 0.1) is 16.9 Å². The van der Waals surface area contributed by atoms with Gasteiger partial charge in [0.15, 0.2) is 5.84 Å². The first-order chi connectivity index (χ1) is 27.6. The van der Waals surface area contributed by atoms with Gasteiger partial charge in [0.2, 0.25) is 0 Å². The minimum atomic E-state index is 0.658. The van der Waals surface area contributed by atoms with Gasteiger partial charge in [0, 0.05) is 27.8 Å². The summed E-state index contributed by atoms with van der Waals surface area (Å²) in [6.07, 6.45) is 9.74. The quantitative estimate of drug-likeness (QED) is 0.119. The van der Waals surface area contributed by atoms with Gasteiger partial charge in [-0.3, -0.25) is 0 Å². The van der Waals surface area contributed by atoms with E-state index < -0.39 is 0 Å². The summed E-state index contributed by atoms with van der Waals surface area (Å²) in [6, 6.07) is 53.4. The minimum Gasteiger partial charge on any atom is -0.248 e. The van der Waals surface area contributed by atoms with Gasteiger partial charge >= 0.3 is 0 Å². The summed E-state index contributed by atoms with van der Waals surface area (Å²) in [5.74, 6) is 0.658. The van der Waals surface area contributed by atoms with Gasteiger partial charge in [-0.15, -0.1) is 0 Å². The van der Waals surface area contributed by atoms with Crippen molar-refractivity contribution in [3.63, 3.8) is 0 Å². The third-order valence-electron chi connectivity index (χ3n) is 10.5. The Kier molecular flexibility index (Phi) is 10.6. The summed E-state index contributed by atoms with van der Waals surface area (Å²) in [5.41, 5.74) is 17.6. The molecule has 0 N–H and O–H groups in total. The van der Waals surface area contributed by atoms with E-state index in [9.17, 15) is 0 Å². The highest BCUT2D eigenvalue weighted by molar-refractivity contribution is 6.16. The molecule has 2 aliphatic carbocycles. The zero-order chi connectivity index (χ0) is 38.4. The Morgan fingerprint density at radius 1 is 0.625 bits per heavy atom. The molecule has 3 heteroatoms. The largest absolute Gasteiger partial charge is 0.248 e. The molecule has 7 aromatic rings. The summed E-state index contributed by atoms with van der Waals surface area (Å²) >= 11 is 0. The summed E-state index contributed by atoms with van der Waals surface area (Å²) in [7, 11) is 0. The Morgan fingerprint density at radius 2 is 1.36 bits per heavy atom. The van der Waals surface area contributed by atoms with Crippen LogP contribution in [-0.2, 0) is 6.42 Å². The van der Waals surface area contributed by atoms with Gasteiger partial charge in [-0.05, 0) is 94.5 Å². The predicted molar refractivity (Wildman–Crippen MR) is 239 cm³/mol. The lowest BCUT2D eigenvalue weighted by atomic mass is 9.93. The molecule has 1 heterocycles. The summed E-state index contributed by atoms with van der Waals surface area (Å²) in [4.78, 5) is 15.4. The first-order valence-electron chi connectivity index (χ1n) is 19.7.